The number of anilines is 1. The van der Waals surface area contributed by atoms with Gasteiger partial charge in [-0.25, -0.2) is 9.37 Å². The molecule has 2 saturated heterocycles. The van der Waals surface area contributed by atoms with E-state index in [4.69, 9.17) is 9.47 Å². The number of hydrogen-bond acceptors (Lipinski definition) is 5. The van der Waals surface area contributed by atoms with Gasteiger partial charge in [-0.05, 0) is 49.2 Å². The molecule has 2 fully saturated rings. The monoisotopic (exact) mass is 399 g/mol. The van der Waals surface area contributed by atoms with Gasteiger partial charge in [-0.2, -0.15) is 0 Å². The van der Waals surface area contributed by atoms with E-state index in [1.807, 2.05) is 0 Å². The Balaban J connectivity index is 1.46. The van der Waals surface area contributed by atoms with Gasteiger partial charge in [0, 0.05) is 25.0 Å². The quantitative estimate of drug-likeness (QED) is 0.792. The highest BCUT2D eigenvalue weighted by Crippen LogP contribution is 2.33. The van der Waals surface area contributed by atoms with Crippen molar-refractivity contribution in [2.75, 3.05) is 38.3 Å². The number of hydrogen-bond donors (Lipinski definition) is 0. The van der Waals surface area contributed by atoms with Crippen LogP contribution in [0.4, 0.5) is 10.1 Å². The third-order valence-corrected chi connectivity index (χ3v) is 5.54. The molecule has 2 aliphatic heterocycles. The topological polar surface area (TPSA) is 72.0 Å². The Morgan fingerprint density at radius 2 is 1.93 bits per heavy atom. The first kappa shape index (κ1) is 19.3. The fourth-order valence-electron chi connectivity index (χ4n) is 3.88. The highest BCUT2D eigenvalue weighted by atomic mass is 19.1. The van der Waals surface area contributed by atoms with Crippen molar-refractivity contribution in [2.45, 2.75) is 18.4 Å². The molecule has 1 aromatic heterocycles. The summed E-state index contributed by atoms with van der Waals surface area (Å²) in [5.41, 5.74) is 0.564. The van der Waals surface area contributed by atoms with Crippen LogP contribution < -0.4 is 9.64 Å². The summed E-state index contributed by atoms with van der Waals surface area (Å²) in [4.78, 5) is 32.7. The van der Waals surface area contributed by atoms with Gasteiger partial charge in [-0.1, -0.05) is 0 Å². The summed E-state index contributed by atoms with van der Waals surface area (Å²) in [6.07, 6.45) is 2.79. The number of rotatable bonds is 3. The van der Waals surface area contributed by atoms with Gasteiger partial charge in [0.2, 0.25) is 5.88 Å². The van der Waals surface area contributed by atoms with Crippen LogP contribution >= 0.6 is 0 Å². The van der Waals surface area contributed by atoms with Crippen molar-refractivity contribution in [3.63, 3.8) is 0 Å². The van der Waals surface area contributed by atoms with Crippen LogP contribution in [0.1, 0.15) is 23.2 Å². The van der Waals surface area contributed by atoms with Gasteiger partial charge in [0.1, 0.15) is 18.0 Å². The summed E-state index contributed by atoms with van der Waals surface area (Å²) in [5, 5.41) is 0. The molecule has 8 heteroatoms. The second kappa shape index (κ2) is 7.79. The van der Waals surface area contributed by atoms with E-state index in [9.17, 15) is 14.0 Å². The van der Waals surface area contributed by atoms with Crippen molar-refractivity contribution < 1.29 is 23.5 Å². The summed E-state index contributed by atoms with van der Waals surface area (Å²) in [7, 11) is 1.49. The number of amides is 2. The smallest absolute Gasteiger partial charge is 0.259 e. The zero-order valence-corrected chi connectivity index (χ0v) is 16.1. The van der Waals surface area contributed by atoms with Crippen LogP contribution in [0, 0.1) is 5.82 Å². The minimum atomic E-state index is -0.516. The average molecular weight is 399 g/mol. The van der Waals surface area contributed by atoms with Crippen molar-refractivity contribution in [1.82, 2.24) is 9.88 Å². The molecule has 0 radical (unpaired) electrons. The van der Waals surface area contributed by atoms with Gasteiger partial charge in [0.15, 0.2) is 0 Å². The Morgan fingerprint density at radius 3 is 2.62 bits per heavy atom. The molecule has 0 N–H and O–H groups in total. The molecule has 0 bridgehead atoms. The summed E-state index contributed by atoms with van der Waals surface area (Å²) in [6, 6.07) is 9.28. The van der Waals surface area contributed by atoms with Gasteiger partial charge < -0.3 is 19.3 Å². The third kappa shape index (κ3) is 3.80. The number of nitrogens with zero attached hydrogens (tertiary/aromatic N) is 3. The van der Waals surface area contributed by atoms with Crippen LogP contribution in [0.15, 0.2) is 42.6 Å². The lowest BCUT2D eigenvalue weighted by Crippen LogP contribution is -2.59. The molecule has 0 saturated carbocycles. The van der Waals surface area contributed by atoms with Crippen molar-refractivity contribution in [2.24, 2.45) is 0 Å². The zero-order valence-electron chi connectivity index (χ0n) is 16.1. The van der Waals surface area contributed by atoms with Crippen LogP contribution in [0.5, 0.6) is 5.88 Å². The number of methoxy groups -OCH3 is 1. The first-order valence-electron chi connectivity index (χ1n) is 9.49. The predicted octanol–water partition coefficient (Wildman–Crippen LogP) is 2.27. The normalized spacial score (nSPS) is 18.8. The second-order valence-corrected chi connectivity index (χ2v) is 7.28. The van der Waals surface area contributed by atoms with E-state index in [1.165, 1.54) is 19.2 Å². The number of aromatic nitrogens is 1. The lowest BCUT2D eigenvalue weighted by atomic mass is 9.88. The number of carbonyl (C=O) groups is 2. The number of morpholine rings is 1. The van der Waals surface area contributed by atoms with Crippen LogP contribution in [-0.4, -0.2) is 60.7 Å². The molecule has 2 amide bonds. The molecule has 3 heterocycles. The van der Waals surface area contributed by atoms with E-state index >= 15 is 0 Å². The molecule has 7 nitrogen and oxygen atoms in total. The molecule has 0 aliphatic carbocycles. The van der Waals surface area contributed by atoms with Crippen molar-refractivity contribution in [3.8, 4) is 5.88 Å². The average Bonchev–Trinajstić information content (AvgIpc) is 2.76. The fourth-order valence-corrected chi connectivity index (χ4v) is 3.88. The largest absolute Gasteiger partial charge is 0.480 e. The fraction of sp³-hybridized carbons (Fsp3) is 0.381. The van der Waals surface area contributed by atoms with E-state index in [2.05, 4.69) is 4.98 Å². The molecule has 1 spiro atoms. The maximum atomic E-state index is 13.2. The Bertz CT molecular complexity index is 910. The van der Waals surface area contributed by atoms with Crippen LogP contribution in [-0.2, 0) is 9.53 Å². The summed E-state index contributed by atoms with van der Waals surface area (Å²) in [5.74, 6) is -0.325. The van der Waals surface area contributed by atoms with Gasteiger partial charge in [0.05, 0.1) is 19.3 Å². The number of halogens is 1. The standard InChI is InChI=1S/C21H22FN3O4/c1-28-19-17(3-2-10-23-19)20(27)24-11-8-21(9-12-24)14-25(18(26)13-29-21)16-6-4-15(22)5-7-16/h2-7,10H,8-9,11-14H2,1H3. The highest BCUT2D eigenvalue weighted by Gasteiger charge is 2.43. The molecule has 0 atom stereocenters. The number of ether oxygens (including phenoxy) is 2. The van der Waals surface area contributed by atoms with E-state index in [0.717, 1.165) is 0 Å². The number of likely N-dealkylation sites (tertiary alicyclic amines) is 1. The van der Waals surface area contributed by atoms with E-state index in [1.54, 1.807) is 40.3 Å². The van der Waals surface area contributed by atoms with Crippen molar-refractivity contribution in [1.29, 1.82) is 0 Å². The molecule has 152 valence electrons. The Hall–Kier alpha value is -3.00. The molecule has 2 aliphatic rings. The predicted molar refractivity (Wildman–Crippen MR) is 103 cm³/mol. The summed E-state index contributed by atoms with van der Waals surface area (Å²) >= 11 is 0. The maximum Gasteiger partial charge on any atom is 0.259 e. The summed E-state index contributed by atoms with van der Waals surface area (Å²) in [6.45, 7) is 1.36. The van der Waals surface area contributed by atoms with E-state index in [-0.39, 0.29) is 24.2 Å². The van der Waals surface area contributed by atoms with Crippen LogP contribution in [0.2, 0.25) is 0 Å². The molecular formula is C21H22FN3O4. The maximum absolute atomic E-state index is 13.2. The Morgan fingerprint density at radius 1 is 1.21 bits per heavy atom. The molecular weight excluding hydrogens is 377 g/mol. The Kier molecular flexibility index (Phi) is 5.19. The minimum absolute atomic E-state index is 0.0260. The second-order valence-electron chi connectivity index (χ2n) is 7.28. The number of carbonyl (C=O) groups excluding carboxylic acids is 2. The molecule has 29 heavy (non-hydrogen) atoms. The third-order valence-electron chi connectivity index (χ3n) is 5.54. The van der Waals surface area contributed by atoms with E-state index in [0.29, 0.717) is 49.6 Å². The first-order chi connectivity index (χ1) is 14.0. The van der Waals surface area contributed by atoms with Crippen LogP contribution in [0.25, 0.3) is 0 Å². The summed E-state index contributed by atoms with van der Waals surface area (Å²) < 4.78 is 24.4. The van der Waals surface area contributed by atoms with Gasteiger partial charge >= 0.3 is 0 Å². The van der Waals surface area contributed by atoms with Crippen molar-refractivity contribution in [3.05, 3.63) is 54.0 Å². The molecule has 2 aromatic rings. The number of piperidine rings is 1. The molecule has 1 aromatic carbocycles. The SMILES string of the molecule is COc1ncccc1C(=O)N1CCC2(CC1)CN(c1ccc(F)cc1)C(=O)CO2. The lowest BCUT2D eigenvalue weighted by molar-refractivity contribution is -0.143. The minimum Gasteiger partial charge on any atom is -0.480 e. The zero-order chi connectivity index (χ0) is 20.4. The molecule has 0 unspecified atom stereocenters. The number of pyridine rings is 1. The highest BCUT2D eigenvalue weighted by molar-refractivity contribution is 5.97. The number of benzene rings is 1. The first-order valence-corrected chi connectivity index (χ1v) is 9.49. The Labute approximate surface area is 168 Å². The molecule has 4 rings (SSSR count). The lowest BCUT2D eigenvalue weighted by Gasteiger charge is -2.47. The van der Waals surface area contributed by atoms with Crippen LogP contribution in [0.3, 0.4) is 0 Å². The van der Waals surface area contributed by atoms with Gasteiger partial charge in [0.25, 0.3) is 11.8 Å². The van der Waals surface area contributed by atoms with Crippen molar-refractivity contribution >= 4 is 17.5 Å². The van der Waals surface area contributed by atoms with E-state index < -0.39 is 5.60 Å². The van der Waals surface area contributed by atoms with Gasteiger partial charge in [-0.3, -0.25) is 9.59 Å². The van der Waals surface area contributed by atoms with Gasteiger partial charge in [-0.15, -0.1) is 0 Å².